The van der Waals surface area contributed by atoms with Crippen molar-refractivity contribution in [2.45, 2.75) is 0 Å². The first-order valence-corrected chi connectivity index (χ1v) is 7.77. The van der Waals surface area contributed by atoms with E-state index in [1.165, 1.54) is 0 Å². The first kappa shape index (κ1) is 14.0. The van der Waals surface area contributed by atoms with Crippen molar-refractivity contribution in [3.05, 3.63) is 52.4 Å². The van der Waals surface area contributed by atoms with Gasteiger partial charge in [0.1, 0.15) is 12.1 Å². The molecule has 0 amide bonds. The molecule has 0 saturated carbocycles. The van der Waals surface area contributed by atoms with Gasteiger partial charge in [0.25, 0.3) is 0 Å². The number of nitrogens with two attached hydrogens (primary N) is 1. The first-order chi connectivity index (χ1) is 11.2. The Hall–Kier alpha value is -2.62. The van der Waals surface area contributed by atoms with Gasteiger partial charge >= 0.3 is 0 Å². The topological polar surface area (TPSA) is 91.5 Å². The summed E-state index contributed by atoms with van der Waals surface area (Å²) < 4.78 is 13.7. The SMILES string of the molecule is Nc1ccc(-c2nc3cc(Oc4ccc(I)cc4)ncn3n2)o1. The molecule has 7 nitrogen and oxygen atoms in total. The average molecular weight is 419 g/mol. The van der Waals surface area contributed by atoms with Gasteiger partial charge in [0.15, 0.2) is 17.3 Å². The second-order valence-corrected chi connectivity index (χ2v) is 5.97. The first-order valence-electron chi connectivity index (χ1n) is 6.69. The number of ether oxygens (including phenoxy) is 1. The summed E-state index contributed by atoms with van der Waals surface area (Å²) in [7, 11) is 0. The monoisotopic (exact) mass is 419 g/mol. The predicted molar refractivity (Wildman–Crippen MR) is 92.1 cm³/mol. The number of furan rings is 1. The van der Waals surface area contributed by atoms with Crippen LogP contribution in [-0.4, -0.2) is 19.6 Å². The number of benzene rings is 1. The molecule has 23 heavy (non-hydrogen) atoms. The minimum Gasteiger partial charge on any atom is -0.439 e. The summed E-state index contributed by atoms with van der Waals surface area (Å²) in [6.45, 7) is 0. The van der Waals surface area contributed by atoms with E-state index in [1.54, 1.807) is 29.0 Å². The molecule has 0 aliphatic heterocycles. The highest BCUT2D eigenvalue weighted by molar-refractivity contribution is 14.1. The highest BCUT2D eigenvalue weighted by atomic mass is 127. The summed E-state index contributed by atoms with van der Waals surface area (Å²) in [5, 5.41) is 4.29. The zero-order valence-electron chi connectivity index (χ0n) is 11.7. The molecule has 0 atom stereocenters. The maximum absolute atomic E-state index is 5.72. The van der Waals surface area contributed by atoms with Gasteiger partial charge in [0, 0.05) is 15.7 Å². The summed E-state index contributed by atoms with van der Waals surface area (Å²) in [4.78, 5) is 8.61. The molecule has 3 heterocycles. The highest BCUT2D eigenvalue weighted by Crippen LogP contribution is 2.23. The van der Waals surface area contributed by atoms with Crippen LogP contribution in [0.25, 0.3) is 17.2 Å². The van der Waals surface area contributed by atoms with Crippen molar-refractivity contribution in [3.63, 3.8) is 0 Å². The Morgan fingerprint density at radius 2 is 1.96 bits per heavy atom. The fourth-order valence-electron chi connectivity index (χ4n) is 2.03. The fraction of sp³-hybridized carbons (Fsp3) is 0. The lowest BCUT2D eigenvalue weighted by Gasteiger charge is -2.04. The Morgan fingerprint density at radius 1 is 1.13 bits per heavy atom. The third kappa shape index (κ3) is 2.84. The van der Waals surface area contributed by atoms with Crippen LogP contribution in [0.4, 0.5) is 5.88 Å². The number of hydrogen-bond acceptors (Lipinski definition) is 6. The zero-order chi connectivity index (χ0) is 15.8. The van der Waals surface area contributed by atoms with Crippen molar-refractivity contribution in [1.29, 1.82) is 0 Å². The molecule has 4 rings (SSSR count). The molecule has 114 valence electrons. The van der Waals surface area contributed by atoms with Gasteiger partial charge < -0.3 is 14.9 Å². The van der Waals surface area contributed by atoms with E-state index in [4.69, 9.17) is 14.9 Å². The highest BCUT2D eigenvalue weighted by Gasteiger charge is 2.11. The Bertz CT molecular complexity index is 977. The molecule has 0 fully saturated rings. The van der Waals surface area contributed by atoms with E-state index in [0.29, 0.717) is 34.7 Å². The maximum atomic E-state index is 5.72. The van der Waals surface area contributed by atoms with Crippen LogP contribution in [0.5, 0.6) is 11.6 Å². The average Bonchev–Trinajstić information content (AvgIpc) is 3.15. The van der Waals surface area contributed by atoms with Crippen molar-refractivity contribution >= 4 is 34.1 Å². The van der Waals surface area contributed by atoms with Crippen LogP contribution in [0.2, 0.25) is 0 Å². The van der Waals surface area contributed by atoms with Gasteiger partial charge in [-0.3, -0.25) is 0 Å². The predicted octanol–water partition coefficient (Wildman–Crippen LogP) is 3.36. The zero-order valence-corrected chi connectivity index (χ0v) is 13.8. The van der Waals surface area contributed by atoms with Gasteiger partial charge in [-0.05, 0) is 52.9 Å². The molecule has 2 N–H and O–H groups in total. The molecule has 4 aromatic rings. The summed E-state index contributed by atoms with van der Waals surface area (Å²) >= 11 is 2.24. The van der Waals surface area contributed by atoms with Crippen LogP contribution in [0, 0.1) is 3.57 Å². The third-order valence-corrected chi connectivity index (χ3v) is 3.81. The van der Waals surface area contributed by atoms with Crippen LogP contribution >= 0.6 is 22.6 Å². The van der Waals surface area contributed by atoms with Crippen LogP contribution in [0.3, 0.4) is 0 Å². The molecule has 0 saturated heterocycles. The van der Waals surface area contributed by atoms with Crippen molar-refractivity contribution in [2.75, 3.05) is 5.73 Å². The third-order valence-electron chi connectivity index (χ3n) is 3.09. The summed E-state index contributed by atoms with van der Waals surface area (Å²) in [6, 6.07) is 12.8. The molecule has 0 unspecified atom stereocenters. The second kappa shape index (κ2) is 5.54. The van der Waals surface area contributed by atoms with Crippen molar-refractivity contribution in [2.24, 2.45) is 0 Å². The van der Waals surface area contributed by atoms with E-state index in [0.717, 1.165) is 3.57 Å². The number of nitrogen functional groups attached to an aromatic ring is 1. The van der Waals surface area contributed by atoms with E-state index in [2.05, 4.69) is 37.7 Å². The van der Waals surface area contributed by atoms with Gasteiger partial charge in [-0.25, -0.2) is 14.5 Å². The number of hydrogen-bond donors (Lipinski definition) is 1. The Balaban J connectivity index is 1.66. The lowest BCUT2D eigenvalue weighted by atomic mass is 10.3. The Labute approximate surface area is 144 Å². The fourth-order valence-corrected chi connectivity index (χ4v) is 2.39. The quantitative estimate of drug-likeness (QED) is 0.512. The van der Waals surface area contributed by atoms with E-state index in [-0.39, 0.29) is 0 Å². The molecule has 1 aromatic carbocycles. The summed E-state index contributed by atoms with van der Waals surface area (Å²) in [5.74, 6) is 2.42. The summed E-state index contributed by atoms with van der Waals surface area (Å²) in [5.41, 5.74) is 6.17. The summed E-state index contributed by atoms with van der Waals surface area (Å²) in [6.07, 6.45) is 1.54. The Morgan fingerprint density at radius 3 is 2.70 bits per heavy atom. The lowest BCUT2D eigenvalue weighted by Crippen LogP contribution is -1.93. The molecule has 8 heteroatoms. The number of fused-ring (bicyclic) bond motifs is 1. The van der Waals surface area contributed by atoms with E-state index in [1.807, 2.05) is 24.3 Å². The van der Waals surface area contributed by atoms with Gasteiger partial charge in [-0.15, -0.1) is 5.10 Å². The molecule has 3 aromatic heterocycles. The Kier molecular flexibility index (Phi) is 3.37. The van der Waals surface area contributed by atoms with Crippen LogP contribution in [-0.2, 0) is 0 Å². The molecule has 0 spiro atoms. The number of anilines is 1. The van der Waals surface area contributed by atoms with Crippen molar-refractivity contribution in [3.8, 4) is 23.2 Å². The lowest BCUT2D eigenvalue weighted by molar-refractivity contribution is 0.461. The van der Waals surface area contributed by atoms with Crippen LogP contribution < -0.4 is 10.5 Å². The largest absolute Gasteiger partial charge is 0.439 e. The minimum absolute atomic E-state index is 0.319. The van der Waals surface area contributed by atoms with Crippen LogP contribution in [0.1, 0.15) is 0 Å². The van der Waals surface area contributed by atoms with Gasteiger partial charge in [0.2, 0.25) is 11.7 Å². The van der Waals surface area contributed by atoms with Gasteiger partial charge in [0.05, 0.1) is 0 Å². The van der Waals surface area contributed by atoms with E-state index < -0.39 is 0 Å². The van der Waals surface area contributed by atoms with Crippen LogP contribution in [0.15, 0.2) is 53.2 Å². The van der Waals surface area contributed by atoms with Gasteiger partial charge in [-0.2, -0.15) is 0 Å². The maximum Gasteiger partial charge on any atom is 0.224 e. The number of nitrogens with zero attached hydrogens (tertiary/aromatic N) is 4. The molecular weight excluding hydrogens is 409 g/mol. The minimum atomic E-state index is 0.319. The van der Waals surface area contributed by atoms with Crippen molar-refractivity contribution in [1.82, 2.24) is 19.6 Å². The molecular formula is C15H10IN5O2. The molecule has 0 radical (unpaired) electrons. The van der Waals surface area contributed by atoms with Gasteiger partial charge in [-0.1, -0.05) is 0 Å². The number of halogens is 1. The molecule has 0 aliphatic carbocycles. The standard InChI is InChI=1S/C15H10IN5O2/c16-9-1-3-10(4-2-9)22-14-7-13-19-15(20-21(13)8-18-14)11-5-6-12(17)23-11/h1-8H,17H2. The normalized spacial score (nSPS) is 11.0. The van der Waals surface area contributed by atoms with E-state index in [9.17, 15) is 0 Å². The molecule has 0 bridgehead atoms. The number of rotatable bonds is 3. The van der Waals surface area contributed by atoms with Crippen molar-refractivity contribution < 1.29 is 9.15 Å². The number of aromatic nitrogens is 4. The van der Waals surface area contributed by atoms with E-state index >= 15 is 0 Å². The smallest absolute Gasteiger partial charge is 0.224 e. The second-order valence-electron chi connectivity index (χ2n) is 4.72. The molecule has 0 aliphatic rings.